The van der Waals surface area contributed by atoms with E-state index in [9.17, 15) is 0 Å². The second-order valence-corrected chi connectivity index (χ2v) is 6.14. The van der Waals surface area contributed by atoms with Crippen molar-refractivity contribution < 1.29 is 4.74 Å². The Labute approximate surface area is 120 Å². The molecule has 1 heterocycles. The van der Waals surface area contributed by atoms with Crippen LogP contribution in [0.4, 0.5) is 5.82 Å². The lowest BCUT2D eigenvalue weighted by atomic mass is 9.89. The molecule has 1 fully saturated rings. The van der Waals surface area contributed by atoms with E-state index in [0.717, 1.165) is 31.0 Å². The molecule has 0 spiro atoms. The fraction of sp³-hybridized carbons (Fsp3) is 0.667. The summed E-state index contributed by atoms with van der Waals surface area (Å²) in [6.07, 6.45) is 6.69. The predicted molar refractivity (Wildman–Crippen MR) is 80.1 cm³/mol. The third-order valence-corrected chi connectivity index (χ3v) is 3.81. The van der Waals surface area contributed by atoms with E-state index in [1.165, 1.54) is 12.8 Å². The van der Waals surface area contributed by atoms with Crippen molar-refractivity contribution in [3.8, 4) is 5.75 Å². The first kappa shape index (κ1) is 14.4. The Morgan fingerprint density at radius 1 is 1.47 bits per heavy atom. The van der Waals surface area contributed by atoms with Crippen molar-refractivity contribution >= 4 is 17.4 Å². The molecule has 1 aliphatic carbocycles. The van der Waals surface area contributed by atoms with Gasteiger partial charge in [0.15, 0.2) is 11.6 Å². The summed E-state index contributed by atoms with van der Waals surface area (Å²) >= 11 is 6.23. The topological polar surface area (TPSA) is 34.1 Å². The molecule has 3 nitrogen and oxygen atoms in total. The van der Waals surface area contributed by atoms with Crippen LogP contribution in [0.5, 0.6) is 5.75 Å². The van der Waals surface area contributed by atoms with Crippen molar-refractivity contribution in [3.05, 3.63) is 18.3 Å². The van der Waals surface area contributed by atoms with Crippen molar-refractivity contribution in [1.82, 2.24) is 4.98 Å². The monoisotopic (exact) mass is 282 g/mol. The molecule has 2 unspecified atom stereocenters. The Hall–Kier alpha value is -0.960. The van der Waals surface area contributed by atoms with Crippen LogP contribution in [0, 0.1) is 5.92 Å². The van der Waals surface area contributed by atoms with E-state index in [2.05, 4.69) is 10.3 Å². The minimum Gasteiger partial charge on any atom is -0.487 e. The van der Waals surface area contributed by atoms with Gasteiger partial charge >= 0.3 is 0 Å². The van der Waals surface area contributed by atoms with E-state index in [-0.39, 0.29) is 6.10 Å². The lowest BCUT2D eigenvalue weighted by Gasteiger charge is -2.26. The molecule has 1 aromatic heterocycles. The van der Waals surface area contributed by atoms with Crippen LogP contribution in [-0.2, 0) is 0 Å². The van der Waals surface area contributed by atoms with E-state index in [4.69, 9.17) is 16.3 Å². The van der Waals surface area contributed by atoms with Gasteiger partial charge in [-0.15, -0.1) is 11.6 Å². The Morgan fingerprint density at radius 3 is 3.05 bits per heavy atom. The molecule has 0 bridgehead atoms. The smallest absolute Gasteiger partial charge is 0.168 e. The SMILES string of the molecule is CC(C)Oc1cccnc1NCC1CCCC(Cl)C1. The van der Waals surface area contributed by atoms with Crippen LogP contribution in [-0.4, -0.2) is 23.0 Å². The highest BCUT2D eigenvalue weighted by Crippen LogP contribution is 2.29. The number of aromatic nitrogens is 1. The first-order valence-corrected chi connectivity index (χ1v) is 7.58. The average molecular weight is 283 g/mol. The number of rotatable bonds is 5. The molecule has 0 amide bonds. The fourth-order valence-electron chi connectivity index (χ4n) is 2.52. The van der Waals surface area contributed by atoms with Crippen LogP contribution in [0.3, 0.4) is 0 Å². The molecular weight excluding hydrogens is 260 g/mol. The summed E-state index contributed by atoms with van der Waals surface area (Å²) in [6.45, 7) is 4.97. The van der Waals surface area contributed by atoms with Crippen molar-refractivity contribution in [2.24, 2.45) is 5.92 Å². The molecule has 4 heteroatoms. The zero-order valence-corrected chi connectivity index (χ0v) is 12.5. The highest BCUT2D eigenvalue weighted by molar-refractivity contribution is 6.20. The molecule has 0 aliphatic heterocycles. The summed E-state index contributed by atoms with van der Waals surface area (Å²) in [5.41, 5.74) is 0. The lowest BCUT2D eigenvalue weighted by molar-refractivity contribution is 0.242. The maximum Gasteiger partial charge on any atom is 0.168 e. The maximum absolute atomic E-state index is 6.23. The number of anilines is 1. The number of halogens is 1. The Bertz CT molecular complexity index is 397. The number of hydrogen-bond donors (Lipinski definition) is 1. The van der Waals surface area contributed by atoms with Gasteiger partial charge in [0.1, 0.15) is 0 Å². The van der Waals surface area contributed by atoms with Crippen LogP contribution in [0.1, 0.15) is 39.5 Å². The summed E-state index contributed by atoms with van der Waals surface area (Å²) in [5, 5.41) is 3.76. The molecule has 1 N–H and O–H groups in total. The second kappa shape index (κ2) is 6.99. The number of hydrogen-bond acceptors (Lipinski definition) is 3. The molecule has 1 aromatic rings. The van der Waals surface area contributed by atoms with Crippen LogP contribution in [0.25, 0.3) is 0 Å². The zero-order valence-electron chi connectivity index (χ0n) is 11.7. The van der Waals surface area contributed by atoms with E-state index in [1.807, 2.05) is 26.0 Å². The number of pyridine rings is 1. The first-order valence-electron chi connectivity index (χ1n) is 7.14. The Balaban J connectivity index is 1.91. The Morgan fingerprint density at radius 2 is 2.32 bits per heavy atom. The van der Waals surface area contributed by atoms with Gasteiger partial charge in [-0.25, -0.2) is 4.98 Å². The summed E-state index contributed by atoms with van der Waals surface area (Å²) in [7, 11) is 0. The highest BCUT2D eigenvalue weighted by atomic mass is 35.5. The van der Waals surface area contributed by atoms with Gasteiger partial charge in [-0.3, -0.25) is 0 Å². The standard InChI is InChI=1S/C15H23ClN2O/c1-11(2)19-14-7-4-8-17-15(14)18-10-12-5-3-6-13(16)9-12/h4,7-8,11-13H,3,5-6,9-10H2,1-2H3,(H,17,18). The minimum atomic E-state index is 0.159. The van der Waals surface area contributed by atoms with Crippen molar-refractivity contribution in [3.63, 3.8) is 0 Å². The van der Waals surface area contributed by atoms with E-state index in [0.29, 0.717) is 11.3 Å². The fourth-order valence-corrected chi connectivity index (χ4v) is 2.93. The van der Waals surface area contributed by atoms with Gasteiger partial charge in [0.2, 0.25) is 0 Å². The van der Waals surface area contributed by atoms with Gasteiger partial charge in [0.25, 0.3) is 0 Å². The number of ether oxygens (including phenoxy) is 1. The first-order chi connectivity index (χ1) is 9.15. The van der Waals surface area contributed by atoms with Crippen molar-refractivity contribution in [2.45, 2.75) is 51.0 Å². The quantitative estimate of drug-likeness (QED) is 0.827. The van der Waals surface area contributed by atoms with E-state index in [1.54, 1.807) is 6.20 Å². The van der Waals surface area contributed by atoms with Gasteiger partial charge in [0.05, 0.1) is 6.10 Å². The molecule has 106 valence electrons. The molecule has 1 aliphatic rings. The second-order valence-electron chi connectivity index (χ2n) is 5.53. The van der Waals surface area contributed by atoms with Crippen LogP contribution < -0.4 is 10.1 Å². The van der Waals surface area contributed by atoms with Gasteiger partial charge in [-0.1, -0.05) is 6.42 Å². The van der Waals surface area contributed by atoms with Crippen molar-refractivity contribution in [1.29, 1.82) is 0 Å². The normalized spacial score (nSPS) is 23.4. The molecule has 1 saturated carbocycles. The largest absolute Gasteiger partial charge is 0.487 e. The highest BCUT2D eigenvalue weighted by Gasteiger charge is 2.20. The summed E-state index contributed by atoms with van der Waals surface area (Å²) in [6, 6.07) is 3.86. The Kier molecular flexibility index (Phi) is 5.32. The summed E-state index contributed by atoms with van der Waals surface area (Å²) < 4.78 is 5.76. The summed E-state index contributed by atoms with van der Waals surface area (Å²) in [5.74, 6) is 2.31. The molecule has 0 saturated heterocycles. The third kappa shape index (κ3) is 4.57. The lowest BCUT2D eigenvalue weighted by Crippen LogP contribution is -2.23. The van der Waals surface area contributed by atoms with E-state index < -0.39 is 0 Å². The van der Waals surface area contributed by atoms with Crippen LogP contribution >= 0.6 is 11.6 Å². The molecule has 0 aromatic carbocycles. The van der Waals surface area contributed by atoms with Crippen molar-refractivity contribution in [2.75, 3.05) is 11.9 Å². The van der Waals surface area contributed by atoms with Gasteiger partial charge in [-0.05, 0) is 51.2 Å². The molecule has 19 heavy (non-hydrogen) atoms. The predicted octanol–water partition coefficient (Wildman–Crippen LogP) is 4.08. The molecular formula is C15H23ClN2O. The third-order valence-electron chi connectivity index (χ3n) is 3.41. The van der Waals surface area contributed by atoms with Gasteiger partial charge < -0.3 is 10.1 Å². The number of alkyl halides is 1. The summed E-state index contributed by atoms with van der Waals surface area (Å²) in [4.78, 5) is 4.37. The maximum atomic E-state index is 6.23. The van der Waals surface area contributed by atoms with Crippen LogP contribution in [0.2, 0.25) is 0 Å². The molecule has 0 radical (unpaired) electrons. The van der Waals surface area contributed by atoms with E-state index >= 15 is 0 Å². The minimum absolute atomic E-state index is 0.159. The van der Waals surface area contributed by atoms with Gasteiger partial charge in [-0.2, -0.15) is 0 Å². The number of nitrogens with zero attached hydrogens (tertiary/aromatic N) is 1. The zero-order chi connectivity index (χ0) is 13.7. The number of nitrogens with one attached hydrogen (secondary N) is 1. The van der Waals surface area contributed by atoms with Gasteiger partial charge in [0, 0.05) is 18.1 Å². The van der Waals surface area contributed by atoms with Crippen LogP contribution in [0.15, 0.2) is 18.3 Å². The molecule has 2 rings (SSSR count). The molecule has 2 atom stereocenters. The average Bonchev–Trinajstić information content (AvgIpc) is 2.37.